The highest BCUT2D eigenvalue weighted by molar-refractivity contribution is 5.98. The molecule has 0 bridgehead atoms. The van der Waals surface area contributed by atoms with E-state index in [-0.39, 0.29) is 18.9 Å². The number of ketones is 1. The summed E-state index contributed by atoms with van der Waals surface area (Å²) in [6, 6.07) is 5.54. The molecule has 0 fully saturated rings. The van der Waals surface area contributed by atoms with Gasteiger partial charge in [0.1, 0.15) is 0 Å². The molecule has 0 spiro atoms. The number of aliphatic carboxylic acids is 1. The number of anilines is 1. The molecule has 0 saturated heterocycles. The van der Waals surface area contributed by atoms with Crippen molar-refractivity contribution in [1.29, 1.82) is 0 Å². The molecular weight excluding hydrogens is 220 g/mol. The summed E-state index contributed by atoms with van der Waals surface area (Å²) in [5, 5.41) is 14.2. The molecule has 1 aliphatic rings. The zero-order valence-electron chi connectivity index (χ0n) is 9.32. The summed E-state index contributed by atoms with van der Waals surface area (Å²) < 4.78 is 0. The fourth-order valence-corrected chi connectivity index (χ4v) is 1.86. The van der Waals surface area contributed by atoms with E-state index in [1.807, 2.05) is 12.1 Å². The van der Waals surface area contributed by atoms with Crippen molar-refractivity contribution >= 4 is 17.4 Å². The summed E-state index contributed by atoms with van der Waals surface area (Å²) in [6.45, 7) is 0.765. The van der Waals surface area contributed by atoms with Crippen LogP contribution >= 0.6 is 0 Å². The second-order valence-corrected chi connectivity index (χ2v) is 3.97. The number of carboxylic acid groups (broad SMARTS) is 1. The minimum absolute atomic E-state index is 0.0541. The number of carbonyl (C=O) groups excluding carboxylic acids is 1. The highest BCUT2D eigenvalue weighted by Gasteiger charge is 2.13. The first-order valence-electron chi connectivity index (χ1n) is 5.49. The van der Waals surface area contributed by atoms with Crippen LogP contribution in [0.3, 0.4) is 0 Å². The summed E-state index contributed by atoms with van der Waals surface area (Å²) in [5.74, 6) is -1.04. The van der Waals surface area contributed by atoms with Crippen LogP contribution < -0.4 is 10.6 Å². The van der Waals surface area contributed by atoms with Gasteiger partial charge in [0.25, 0.3) is 0 Å². The normalized spacial score (nSPS) is 12.9. The predicted octanol–water partition coefficient (Wildman–Crippen LogP) is 0.511. The van der Waals surface area contributed by atoms with E-state index in [1.54, 1.807) is 6.07 Å². The average molecular weight is 234 g/mol. The summed E-state index contributed by atoms with van der Waals surface area (Å²) in [4.78, 5) is 22.0. The summed E-state index contributed by atoms with van der Waals surface area (Å²) in [7, 11) is 0. The maximum absolute atomic E-state index is 11.8. The van der Waals surface area contributed by atoms with E-state index in [0.717, 1.165) is 24.2 Å². The SMILES string of the molecule is O=C(O)CNCC(=O)c1ccc2c(c1)CCN2. The van der Waals surface area contributed by atoms with E-state index in [1.165, 1.54) is 0 Å². The Morgan fingerprint density at radius 3 is 2.94 bits per heavy atom. The second kappa shape index (κ2) is 4.97. The van der Waals surface area contributed by atoms with Crippen LogP contribution in [0.15, 0.2) is 18.2 Å². The number of benzene rings is 1. The number of nitrogens with one attached hydrogen (secondary N) is 2. The number of rotatable bonds is 5. The summed E-state index contributed by atoms with van der Waals surface area (Å²) >= 11 is 0. The number of carbonyl (C=O) groups is 2. The number of Topliss-reactive ketones (excluding diaryl/α,β-unsaturated/α-hetero) is 1. The van der Waals surface area contributed by atoms with Gasteiger partial charge in [-0.2, -0.15) is 0 Å². The van der Waals surface area contributed by atoms with Crippen LogP contribution in [0, 0.1) is 0 Å². The van der Waals surface area contributed by atoms with E-state index >= 15 is 0 Å². The van der Waals surface area contributed by atoms with Crippen molar-refractivity contribution in [3.8, 4) is 0 Å². The molecule has 5 nitrogen and oxygen atoms in total. The zero-order chi connectivity index (χ0) is 12.3. The van der Waals surface area contributed by atoms with Gasteiger partial charge < -0.3 is 10.4 Å². The molecule has 0 unspecified atom stereocenters. The van der Waals surface area contributed by atoms with Crippen LogP contribution in [0.25, 0.3) is 0 Å². The molecular formula is C12H14N2O3. The zero-order valence-corrected chi connectivity index (χ0v) is 9.32. The highest BCUT2D eigenvalue weighted by Crippen LogP contribution is 2.22. The molecule has 1 aliphatic heterocycles. The van der Waals surface area contributed by atoms with Gasteiger partial charge in [0.05, 0.1) is 13.1 Å². The lowest BCUT2D eigenvalue weighted by Crippen LogP contribution is -2.28. The molecule has 17 heavy (non-hydrogen) atoms. The molecule has 0 saturated carbocycles. The Bertz CT molecular complexity index is 457. The molecule has 0 radical (unpaired) electrons. The lowest BCUT2D eigenvalue weighted by atomic mass is 10.1. The van der Waals surface area contributed by atoms with Crippen molar-refractivity contribution in [2.75, 3.05) is 25.0 Å². The Morgan fingerprint density at radius 2 is 2.18 bits per heavy atom. The quantitative estimate of drug-likeness (QED) is 0.647. The number of hydrogen-bond acceptors (Lipinski definition) is 4. The first-order valence-corrected chi connectivity index (χ1v) is 5.49. The third-order valence-corrected chi connectivity index (χ3v) is 2.70. The average Bonchev–Trinajstić information content (AvgIpc) is 2.75. The first-order chi connectivity index (χ1) is 8.16. The Morgan fingerprint density at radius 1 is 1.35 bits per heavy atom. The Labute approximate surface area is 98.8 Å². The van der Waals surface area contributed by atoms with Crippen LogP contribution in [-0.2, 0) is 11.2 Å². The minimum atomic E-state index is -0.962. The highest BCUT2D eigenvalue weighted by atomic mass is 16.4. The van der Waals surface area contributed by atoms with Crippen molar-refractivity contribution in [3.05, 3.63) is 29.3 Å². The van der Waals surface area contributed by atoms with Crippen LogP contribution in [0.4, 0.5) is 5.69 Å². The van der Waals surface area contributed by atoms with Crippen LogP contribution in [0.5, 0.6) is 0 Å². The molecule has 0 atom stereocenters. The van der Waals surface area contributed by atoms with Gasteiger partial charge in [-0.25, -0.2) is 0 Å². The third kappa shape index (κ3) is 2.82. The molecule has 5 heteroatoms. The molecule has 1 aromatic carbocycles. The van der Waals surface area contributed by atoms with E-state index < -0.39 is 5.97 Å². The van der Waals surface area contributed by atoms with Crippen molar-refractivity contribution in [1.82, 2.24) is 5.32 Å². The van der Waals surface area contributed by atoms with E-state index in [9.17, 15) is 9.59 Å². The lowest BCUT2D eigenvalue weighted by molar-refractivity contribution is -0.135. The smallest absolute Gasteiger partial charge is 0.317 e. The van der Waals surface area contributed by atoms with Crippen LogP contribution in [0.1, 0.15) is 15.9 Å². The molecule has 90 valence electrons. The second-order valence-electron chi connectivity index (χ2n) is 3.97. The van der Waals surface area contributed by atoms with Gasteiger partial charge in [0, 0.05) is 17.8 Å². The van der Waals surface area contributed by atoms with Gasteiger partial charge in [-0.1, -0.05) is 0 Å². The first kappa shape index (κ1) is 11.6. The third-order valence-electron chi connectivity index (χ3n) is 2.70. The van der Waals surface area contributed by atoms with E-state index in [0.29, 0.717) is 5.56 Å². The summed E-state index contributed by atoms with van der Waals surface area (Å²) in [6.07, 6.45) is 0.930. The lowest BCUT2D eigenvalue weighted by Gasteiger charge is -2.04. The fraction of sp³-hybridized carbons (Fsp3) is 0.333. The number of carboxylic acids is 1. The van der Waals surface area contributed by atoms with Gasteiger partial charge in [-0.3, -0.25) is 14.9 Å². The minimum Gasteiger partial charge on any atom is -0.480 e. The fourth-order valence-electron chi connectivity index (χ4n) is 1.86. The maximum Gasteiger partial charge on any atom is 0.317 e. The largest absolute Gasteiger partial charge is 0.480 e. The van der Waals surface area contributed by atoms with Crippen molar-refractivity contribution in [3.63, 3.8) is 0 Å². The molecule has 2 rings (SSSR count). The van der Waals surface area contributed by atoms with E-state index in [2.05, 4.69) is 10.6 Å². The predicted molar refractivity (Wildman–Crippen MR) is 63.5 cm³/mol. The molecule has 0 aliphatic carbocycles. The van der Waals surface area contributed by atoms with Crippen LogP contribution in [-0.4, -0.2) is 36.5 Å². The molecule has 1 heterocycles. The van der Waals surface area contributed by atoms with Gasteiger partial charge in [-0.05, 0) is 30.2 Å². The monoisotopic (exact) mass is 234 g/mol. The van der Waals surface area contributed by atoms with Gasteiger partial charge in [-0.15, -0.1) is 0 Å². The molecule has 3 N–H and O–H groups in total. The van der Waals surface area contributed by atoms with Crippen molar-refractivity contribution < 1.29 is 14.7 Å². The molecule has 0 aromatic heterocycles. The Kier molecular flexibility index (Phi) is 3.39. The molecule has 1 aromatic rings. The van der Waals surface area contributed by atoms with Crippen molar-refractivity contribution in [2.24, 2.45) is 0 Å². The standard InChI is InChI=1S/C12H14N2O3/c15-11(6-13-7-12(16)17)9-1-2-10-8(5-9)3-4-14-10/h1-2,5,13-14H,3-4,6-7H2,(H,16,17). The van der Waals surface area contributed by atoms with Crippen LogP contribution in [0.2, 0.25) is 0 Å². The maximum atomic E-state index is 11.8. The van der Waals surface area contributed by atoms with Gasteiger partial charge in [0.2, 0.25) is 0 Å². The van der Waals surface area contributed by atoms with Gasteiger partial charge >= 0.3 is 5.97 Å². The summed E-state index contributed by atoms with van der Waals surface area (Å²) in [5.41, 5.74) is 2.86. The Hall–Kier alpha value is -1.88. The molecule has 0 amide bonds. The number of fused-ring (bicyclic) bond motifs is 1. The van der Waals surface area contributed by atoms with Gasteiger partial charge in [0.15, 0.2) is 5.78 Å². The number of hydrogen-bond donors (Lipinski definition) is 3. The van der Waals surface area contributed by atoms with E-state index in [4.69, 9.17) is 5.11 Å². The topological polar surface area (TPSA) is 78.4 Å². The van der Waals surface area contributed by atoms with Crippen molar-refractivity contribution in [2.45, 2.75) is 6.42 Å². The Balaban J connectivity index is 1.97.